The van der Waals surface area contributed by atoms with Crippen LogP contribution in [0.3, 0.4) is 0 Å². The maximum Gasteiger partial charge on any atom is 0.230 e. The van der Waals surface area contributed by atoms with Crippen LogP contribution in [0.1, 0.15) is 25.0 Å². The molecule has 1 amide bonds. The van der Waals surface area contributed by atoms with Crippen molar-refractivity contribution in [2.45, 2.75) is 25.7 Å². The van der Waals surface area contributed by atoms with Crippen LogP contribution in [-0.2, 0) is 16.6 Å². The maximum atomic E-state index is 12.6. The first kappa shape index (κ1) is 19.1. The summed E-state index contributed by atoms with van der Waals surface area (Å²) in [6, 6.07) is 13.1. The third kappa shape index (κ3) is 4.67. The van der Waals surface area contributed by atoms with Gasteiger partial charge in [0.05, 0.1) is 19.6 Å². The first-order valence-electron chi connectivity index (χ1n) is 8.13. The zero-order valence-electron chi connectivity index (χ0n) is 15.1. The monoisotopic (exact) mass is 361 g/mol. The highest BCUT2D eigenvalue weighted by atomic mass is 35.5. The topological polar surface area (TPSA) is 47.6 Å². The summed E-state index contributed by atoms with van der Waals surface area (Å²) in [7, 11) is 3.22. The van der Waals surface area contributed by atoms with E-state index in [0.717, 1.165) is 11.1 Å². The summed E-state index contributed by atoms with van der Waals surface area (Å²) in [6.45, 7) is 4.36. The minimum absolute atomic E-state index is 0.0182. The fourth-order valence-corrected chi connectivity index (χ4v) is 2.70. The molecule has 0 heterocycles. The second-order valence-corrected chi connectivity index (χ2v) is 6.76. The van der Waals surface area contributed by atoms with Gasteiger partial charge in [-0.3, -0.25) is 4.79 Å². The molecule has 0 aromatic heterocycles. The van der Waals surface area contributed by atoms with Gasteiger partial charge in [-0.05, 0) is 55.7 Å². The number of ether oxygens (including phenoxy) is 2. The lowest BCUT2D eigenvalue weighted by Gasteiger charge is -2.24. The summed E-state index contributed by atoms with van der Waals surface area (Å²) in [5.41, 5.74) is 1.38. The molecule has 5 heteroatoms. The van der Waals surface area contributed by atoms with Crippen LogP contribution < -0.4 is 14.8 Å². The van der Waals surface area contributed by atoms with Crippen molar-refractivity contribution in [2.24, 2.45) is 0 Å². The Morgan fingerprint density at radius 3 is 2.28 bits per heavy atom. The van der Waals surface area contributed by atoms with Crippen LogP contribution in [0.2, 0.25) is 5.02 Å². The molecule has 4 nitrogen and oxygen atoms in total. The highest BCUT2D eigenvalue weighted by molar-refractivity contribution is 6.30. The van der Waals surface area contributed by atoms with E-state index >= 15 is 0 Å². The minimum Gasteiger partial charge on any atom is -0.493 e. The highest BCUT2D eigenvalue weighted by Gasteiger charge is 2.29. The Morgan fingerprint density at radius 2 is 1.68 bits per heavy atom. The Balaban J connectivity index is 1.96. The second kappa shape index (κ2) is 8.26. The van der Waals surface area contributed by atoms with Gasteiger partial charge in [0.2, 0.25) is 5.91 Å². The van der Waals surface area contributed by atoms with Crippen LogP contribution in [0.5, 0.6) is 11.5 Å². The molecule has 0 saturated heterocycles. The average molecular weight is 362 g/mol. The summed E-state index contributed by atoms with van der Waals surface area (Å²) in [5, 5.41) is 3.67. The fraction of sp³-hybridized carbons (Fsp3) is 0.350. The van der Waals surface area contributed by atoms with E-state index in [1.54, 1.807) is 26.4 Å². The summed E-state index contributed by atoms with van der Waals surface area (Å²) in [6.07, 6.45) is 0.711. The number of benzene rings is 2. The largest absolute Gasteiger partial charge is 0.493 e. The molecule has 2 aromatic carbocycles. The Kier molecular flexibility index (Phi) is 6.32. The summed E-state index contributed by atoms with van der Waals surface area (Å²) in [4.78, 5) is 12.6. The molecular weight excluding hydrogens is 338 g/mol. The van der Waals surface area contributed by atoms with Gasteiger partial charge in [-0.1, -0.05) is 29.8 Å². The Hall–Kier alpha value is -2.20. The summed E-state index contributed by atoms with van der Waals surface area (Å²) >= 11 is 5.92. The molecule has 2 aromatic rings. The number of carbonyl (C=O) groups is 1. The zero-order valence-corrected chi connectivity index (χ0v) is 15.8. The molecular formula is C20H24ClNO3. The van der Waals surface area contributed by atoms with Gasteiger partial charge in [0.15, 0.2) is 11.5 Å². The SMILES string of the molecule is COc1ccc(CCNC(=O)C(C)(C)c2ccc(Cl)cc2)cc1OC. The number of rotatable bonds is 7. The van der Waals surface area contributed by atoms with E-state index in [1.807, 2.05) is 44.2 Å². The molecule has 1 N–H and O–H groups in total. The zero-order chi connectivity index (χ0) is 18.4. The van der Waals surface area contributed by atoms with Crippen LogP contribution in [0.15, 0.2) is 42.5 Å². The number of amides is 1. The van der Waals surface area contributed by atoms with Crippen molar-refractivity contribution in [1.82, 2.24) is 5.32 Å². The molecule has 0 bridgehead atoms. The van der Waals surface area contributed by atoms with Gasteiger partial charge in [0, 0.05) is 11.6 Å². The third-order valence-electron chi connectivity index (χ3n) is 4.28. The van der Waals surface area contributed by atoms with Crippen molar-refractivity contribution >= 4 is 17.5 Å². The molecule has 2 rings (SSSR count). The van der Waals surface area contributed by atoms with Crippen LogP contribution >= 0.6 is 11.6 Å². The number of halogens is 1. The smallest absolute Gasteiger partial charge is 0.230 e. The summed E-state index contributed by atoms with van der Waals surface area (Å²) < 4.78 is 10.5. The Labute approximate surface area is 154 Å². The number of methoxy groups -OCH3 is 2. The first-order chi connectivity index (χ1) is 11.9. The van der Waals surface area contributed by atoms with Crippen LogP contribution in [0, 0.1) is 0 Å². The van der Waals surface area contributed by atoms with E-state index in [0.29, 0.717) is 29.5 Å². The molecule has 0 aliphatic carbocycles. The quantitative estimate of drug-likeness (QED) is 0.811. The molecule has 25 heavy (non-hydrogen) atoms. The van der Waals surface area contributed by atoms with Crippen LogP contribution in [0.25, 0.3) is 0 Å². The normalized spacial score (nSPS) is 11.1. The fourth-order valence-electron chi connectivity index (χ4n) is 2.58. The van der Waals surface area contributed by atoms with Crippen LogP contribution in [0.4, 0.5) is 0 Å². The lowest BCUT2D eigenvalue weighted by Crippen LogP contribution is -2.40. The van der Waals surface area contributed by atoms with Gasteiger partial charge in [-0.15, -0.1) is 0 Å². The van der Waals surface area contributed by atoms with Gasteiger partial charge >= 0.3 is 0 Å². The minimum atomic E-state index is -0.623. The first-order valence-corrected chi connectivity index (χ1v) is 8.51. The average Bonchev–Trinajstić information content (AvgIpc) is 2.61. The van der Waals surface area contributed by atoms with Gasteiger partial charge in [0.1, 0.15) is 0 Å². The highest BCUT2D eigenvalue weighted by Crippen LogP contribution is 2.28. The molecule has 0 atom stereocenters. The van der Waals surface area contributed by atoms with Gasteiger partial charge < -0.3 is 14.8 Å². The van der Waals surface area contributed by atoms with E-state index in [2.05, 4.69) is 5.32 Å². The lowest BCUT2D eigenvalue weighted by atomic mass is 9.83. The molecule has 0 aliphatic rings. The van der Waals surface area contributed by atoms with E-state index in [4.69, 9.17) is 21.1 Å². The summed E-state index contributed by atoms with van der Waals surface area (Å²) in [5.74, 6) is 1.36. The van der Waals surface area contributed by atoms with Gasteiger partial charge in [0.25, 0.3) is 0 Å². The predicted octanol–water partition coefficient (Wildman–Crippen LogP) is 3.99. The number of carbonyl (C=O) groups excluding carboxylic acids is 1. The number of hydrogen-bond donors (Lipinski definition) is 1. The molecule has 134 valence electrons. The van der Waals surface area contributed by atoms with Crippen molar-refractivity contribution < 1.29 is 14.3 Å². The van der Waals surface area contributed by atoms with E-state index in [9.17, 15) is 4.79 Å². The van der Waals surface area contributed by atoms with Crippen molar-refractivity contribution in [1.29, 1.82) is 0 Å². The van der Waals surface area contributed by atoms with Gasteiger partial charge in [-0.25, -0.2) is 0 Å². The molecule has 0 fully saturated rings. The van der Waals surface area contributed by atoms with Crippen molar-refractivity contribution in [2.75, 3.05) is 20.8 Å². The Morgan fingerprint density at radius 1 is 1.04 bits per heavy atom. The maximum absolute atomic E-state index is 12.6. The second-order valence-electron chi connectivity index (χ2n) is 6.33. The molecule has 0 saturated carbocycles. The molecule has 0 spiro atoms. The van der Waals surface area contributed by atoms with Crippen molar-refractivity contribution in [3.05, 3.63) is 58.6 Å². The number of hydrogen-bond acceptors (Lipinski definition) is 3. The van der Waals surface area contributed by atoms with E-state index in [-0.39, 0.29) is 5.91 Å². The standard InChI is InChI=1S/C20H24ClNO3/c1-20(2,15-6-8-16(21)9-7-15)19(23)22-12-11-14-5-10-17(24-3)18(13-14)25-4/h5-10,13H,11-12H2,1-4H3,(H,22,23). The molecule has 0 aliphatic heterocycles. The van der Waals surface area contributed by atoms with E-state index < -0.39 is 5.41 Å². The number of nitrogens with one attached hydrogen (secondary N) is 1. The molecule has 0 unspecified atom stereocenters. The third-order valence-corrected chi connectivity index (χ3v) is 4.53. The molecule has 0 radical (unpaired) electrons. The van der Waals surface area contributed by atoms with E-state index in [1.165, 1.54) is 0 Å². The Bertz CT molecular complexity index is 726. The predicted molar refractivity (Wildman–Crippen MR) is 101 cm³/mol. The lowest BCUT2D eigenvalue weighted by molar-refractivity contribution is -0.125. The van der Waals surface area contributed by atoms with Crippen molar-refractivity contribution in [3.8, 4) is 11.5 Å². The van der Waals surface area contributed by atoms with Crippen LogP contribution in [-0.4, -0.2) is 26.7 Å². The van der Waals surface area contributed by atoms with Crippen molar-refractivity contribution in [3.63, 3.8) is 0 Å². The van der Waals surface area contributed by atoms with Gasteiger partial charge in [-0.2, -0.15) is 0 Å².